The van der Waals surface area contributed by atoms with Crippen molar-refractivity contribution in [1.29, 1.82) is 0 Å². The van der Waals surface area contributed by atoms with E-state index in [1.54, 1.807) is 6.20 Å². The molecule has 1 aromatic heterocycles. The van der Waals surface area contributed by atoms with Gasteiger partial charge in [-0.1, -0.05) is 17.7 Å². The molecular formula is C22H25FN6. The molecule has 0 amide bonds. The fraction of sp³-hybridized carbons (Fsp3) is 0.318. The Morgan fingerprint density at radius 1 is 0.897 bits per heavy atom. The predicted molar refractivity (Wildman–Crippen MR) is 115 cm³/mol. The van der Waals surface area contributed by atoms with Crippen LogP contribution >= 0.6 is 0 Å². The van der Waals surface area contributed by atoms with Crippen LogP contribution in [0.15, 0.2) is 42.6 Å². The number of rotatable bonds is 4. The zero-order chi connectivity index (χ0) is 20.4. The molecule has 6 nitrogen and oxygen atoms in total. The first-order valence-corrected chi connectivity index (χ1v) is 9.79. The second-order valence-electron chi connectivity index (χ2n) is 7.49. The minimum Gasteiger partial charge on any atom is -0.368 e. The molecule has 4 rings (SSSR count). The number of benzene rings is 2. The molecule has 0 radical (unpaired) electrons. The summed E-state index contributed by atoms with van der Waals surface area (Å²) in [5.41, 5.74) is 5.69. The maximum Gasteiger partial charge on any atom is 0.247 e. The van der Waals surface area contributed by atoms with Crippen LogP contribution in [-0.4, -0.2) is 41.4 Å². The normalized spacial score (nSPS) is 14.2. The summed E-state index contributed by atoms with van der Waals surface area (Å²) in [6.45, 7) is 9.49. The lowest BCUT2D eigenvalue weighted by molar-refractivity contribution is 0.622. The molecule has 1 saturated heterocycles. The fourth-order valence-electron chi connectivity index (χ4n) is 3.81. The van der Waals surface area contributed by atoms with Crippen LogP contribution in [-0.2, 0) is 0 Å². The maximum absolute atomic E-state index is 13.1. The van der Waals surface area contributed by atoms with E-state index in [0.29, 0.717) is 11.8 Å². The Morgan fingerprint density at radius 3 is 2.17 bits per heavy atom. The largest absolute Gasteiger partial charge is 0.368 e. The molecule has 1 aliphatic rings. The monoisotopic (exact) mass is 392 g/mol. The van der Waals surface area contributed by atoms with Crippen molar-refractivity contribution in [1.82, 2.24) is 15.2 Å². The van der Waals surface area contributed by atoms with Crippen LogP contribution in [0.3, 0.4) is 0 Å². The van der Waals surface area contributed by atoms with E-state index in [1.807, 2.05) is 12.1 Å². The number of aromatic nitrogens is 3. The summed E-state index contributed by atoms with van der Waals surface area (Å²) in [4.78, 5) is 9.05. The highest BCUT2D eigenvalue weighted by Gasteiger charge is 2.20. The first-order valence-electron chi connectivity index (χ1n) is 9.79. The van der Waals surface area contributed by atoms with E-state index in [-0.39, 0.29) is 5.82 Å². The van der Waals surface area contributed by atoms with Gasteiger partial charge in [0.15, 0.2) is 5.82 Å². The van der Waals surface area contributed by atoms with Gasteiger partial charge >= 0.3 is 0 Å². The van der Waals surface area contributed by atoms with Crippen LogP contribution < -0.4 is 15.1 Å². The van der Waals surface area contributed by atoms with Gasteiger partial charge in [0.2, 0.25) is 5.95 Å². The van der Waals surface area contributed by atoms with Gasteiger partial charge in [-0.15, -0.1) is 5.10 Å². The summed E-state index contributed by atoms with van der Waals surface area (Å²) in [6.07, 6.45) is 1.65. The van der Waals surface area contributed by atoms with Gasteiger partial charge in [0.05, 0.1) is 6.20 Å². The van der Waals surface area contributed by atoms with Gasteiger partial charge in [-0.05, 0) is 56.2 Å². The van der Waals surface area contributed by atoms with Crippen molar-refractivity contribution in [2.75, 3.05) is 41.3 Å². The molecule has 2 aromatic carbocycles. The van der Waals surface area contributed by atoms with E-state index < -0.39 is 0 Å². The summed E-state index contributed by atoms with van der Waals surface area (Å²) in [6, 6.07) is 10.9. The van der Waals surface area contributed by atoms with Crippen molar-refractivity contribution in [2.45, 2.75) is 20.8 Å². The Balaban J connectivity index is 1.45. The van der Waals surface area contributed by atoms with E-state index in [9.17, 15) is 4.39 Å². The van der Waals surface area contributed by atoms with Gasteiger partial charge < -0.3 is 15.1 Å². The molecule has 0 spiro atoms. The number of nitrogens with zero attached hydrogens (tertiary/aromatic N) is 5. The molecule has 2 heterocycles. The molecule has 29 heavy (non-hydrogen) atoms. The number of halogens is 1. The number of aryl methyl sites for hydroxylation is 3. The lowest BCUT2D eigenvalue weighted by atomic mass is 10.1. The zero-order valence-corrected chi connectivity index (χ0v) is 17.0. The van der Waals surface area contributed by atoms with E-state index in [2.05, 4.69) is 63.2 Å². The molecule has 1 N–H and O–H groups in total. The minimum absolute atomic E-state index is 0.213. The van der Waals surface area contributed by atoms with Crippen LogP contribution in [0.25, 0.3) is 0 Å². The number of nitrogens with one attached hydrogen (secondary N) is 1. The number of hydrogen-bond acceptors (Lipinski definition) is 6. The second-order valence-corrected chi connectivity index (χ2v) is 7.49. The van der Waals surface area contributed by atoms with Crippen molar-refractivity contribution >= 4 is 23.1 Å². The van der Waals surface area contributed by atoms with Gasteiger partial charge in [0.25, 0.3) is 0 Å². The lowest BCUT2D eigenvalue weighted by Crippen LogP contribution is -2.47. The molecular weight excluding hydrogens is 367 g/mol. The van der Waals surface area contributed by atoms with E-state index in [0.717, 1.165) is 37.6 Å². The summed E-state index contributed by atoms with van der Waals surface area (Å²) < 4.78 is 13.1. The molecule has 0 aliphatic carbocycles. The topological polar surface area (TPSA) is 57.2 Å². The average molecular weight is 392 g/mol. The van der Waals surface area contributed by atoms with Crippen molar-refractivity contribution in [3.63, 3.8) is 0 Å². The Hall–Kier alpha value is -3.22. The lowest BCUT2D eigenvalue weighted by Gasteiger charge is -2.35. The third kappa shape index (κ3) is 4.29. The highest BCUT2D eigenvalue weighted by molar-refractivity contribution is 5.65. The SMILES string of the molecule is Cc1cc(C)c(Nc2cnnc(N3CCN(c4ccc(F)cc4)CC3)n2)c(C)c1. The molecule has 0 atom stereocenters. The van der Waals surface area contributed by atoms with Crippen LogP contribution in [0.2, 0.25) is 0 Å². The molecule has 7 heteroatoms. The second kappa shape index (κ2) is 8.03. The van der Waals surface area contributed by atoms with E-state index in [1.165, 1.54) is 28.8 Å². The smallest absolute Gasteiger partial charge is 0.247 e. The van der Waals surface area contributed by atoms with Gasteiger partial charge in [-0.2, -0.15) is 10.1 Å². The highest BCUT2D eigenvalue weighted by atomic mass is 19.1. The van der Waals surface area contributed by atoms with Crippen LogP contribution in [0.4, 0.5) is 27.5 Å². The molecule has 1 aliphatic heterocycles. The Kier molecular flexibility index (Phi) is 5.29. The van der Waals surface area contributed by atoms with Crippen LogP contribution in [0.5, 0.6) is 0 Å². The molecule has 150 valence electrons. The van der Waals surface area contributed by atoms with Gasteiger partial charge in [-0.25, -0.2) is 4.39 Å². The molecule has 1 fully saturated rings. The standard InChI is InChI=1S/C22H25FN6/c1-15-12-16(2)21(17(3)13-15)25-20-14-24-27-22(26-20)29-10-8-28(9-11-29)19-6-4-18(23)5-7-19/h4-7,12-14H,8-11H2,1-3H3,(H,25,26,27). The van der Waals surface area contributed by atoms with E-state index in [4.69, 9.17) is 0 Å². The molecule has 0 saturated carbocycles. The molecule has 0 unspecified atom stereocenters. The van der Waals surface area contributed by atoms with Crippen molar-refractivity contribution in [3.8, 4) is 0 Å². The Morgan fingerprint density at radius 2 is 1.52 bits per heavy atom. The summed E-state index contributed by atoms with van der Waals surface area (Å²) >= 11 is 0. The number of piperazine rings is 1. The summed E-state index contributed by atoms with van der Waals surface area (Å²) in [5.74, 6) is 1.09. The van der Waals surface area contributed by atoms with Gasteiger partial charge in [-0.3, -0.25) is 0 Å². The maximum atomic E-state index is 13.1. The predicted octanol–water partition coefficient (Wildman–Crippen LogP) is 4.01. The average Bonchev–Trinajstić information content (AvgIpc) is 2.72. The Bertz CT molecular complexity index is 973. The quantitative estimate of drug-likeness (QED) is 0.724. The molecule has 0 bridgehead atoms. The number of hydrogen-bond donors (Lipinski definition) is 1. The fourth-order valence-corrected chi connectivity index (χ4v) is 3.81. The third-order valence-electron chi connectivity index (χ3n) is 5.23. The highest BCUT2D eigenvalue weighted by Crippen LogP contribution is 2.25. The van der Waals surface area contributed by atoms with Crippen LogP contribution in [0, 0.1) is 26.6 Å². The number of anilines is 4. The van der Waals surface area contributed by atoms with Crippen LogP contribution in [0.1, 0.15) is 16.7 Å². The third-order valence-corrected chi connectivity index (χ3v) is 5.23. The molecule has 3 aromatic rings. The van der Waals surface area contributed by atoms with Gasteiger partial charge in [0.1, 0.15) is 5.82 Å². The van der Waals surface area contributed by atoms with Crippen molar-refractivity contribution in [2.24, 2.45) is 0 Å². The van der Waals surface area contributed by atoms with E-state index >= 15 is 0 Å². The van der Waals surface area contributed by atoms with Gasteiger partial charge in [0, 0.05) is 37.6 Å². The first kappa shape index (κ1) is 19.1. The van der Waals surface area contributed by atoms with Crippen molar-refractivity contribution in [3.05, 3.63) is 65.1 Å². The minimum atomic E-state index is -0.213. The Labute approximate surface area is 170 Å². The van der Waals surface area contributed by atoms with Crippen molar-refractivity contribution < 1.29 is 4.39 Å². The summed E-state index contributed by atoms with van der Waals surface area (Å²) in [7, 11) is 0. The summed E-state index contributed by atoms with van der Waals surface area (Å²) in [5, 5.41) is 11.8. The zero-order valence-electron chi connectivity index (χ0n) is 17.0. The first-order chi connectivity index (χ1) is 14.0.